The molecule has 9 heteroatoms. The molecule has 1 aliphatic heterocycles. The summed E-state index contributed by atoms with van der Waals surface area (Å²) in [5.74, 6) is 1.58. The number of halogens is 1. The SMILES string of the molecule is CN(CCc1noc(COc2ccc(Cl)cc2)n1)C(=O)NC[C@@H]1CCCO1. The Labute approximate surface area is 162 Å². The lowest BCUT2D eigenvalue weighted by atomic mass is 10.2. The summed E-state index contributed by atoms with van der Waals surface area (Å²) in [7, 11) is 1.73. The van der Waals surface area contributed by atoms with Gasteiger partial charge in [-0.2, -0.15) is 4.98 Å². The Balaban J connectivity index is 1.37. The number of likely N-dealkylation sites (N-methyl/N-ethyl adjacent to an activating group) is 1. The molecule has 0 aliphatic carbocycles. The number of nitrogens with zero attached hydrogens (tertiary/aromatic N) is 3. The van der Waals surface area contributed by atoms with E-state index in [0.717, 1.165) is 19.4 Å². The van der Waals surface area contributed by atoms with E-state index in [1.165, 1.54) is 0 Å². The van der Waals surface area contributed by atoms with Crippen molar-refractivity contribution in [2.75, 3.05) is 26.7 Å². The average molecular weight is 395 g/mol. The molecule has 1 atom stereocenters. The fourth-order valence-corrected chi connectivity index (χ4v) is 2.76. The molecule has 3 rings (SSSR count). The Morgan fingerprint density at radius 3 is 2.96 bits per heavy atom. The zero-order valence-electron chi connectivity index (χ0n) is 15.2. The van der Waals surface area contributed by atoms with Crippen LogP contribution in [0.15, 0.2) is 28.8 Å². The number of carbonyl (C=O) groups is 1. The van der Waals surface area contributed by atoms with Crippen LogP contribution in [0.5, 0.6) is 5.75 Å². The van der Waals surface area contributed by atoms with Gasteiger partial charge in [-0.25, -0.2) is 4.79 Å². The van der Waals surface area contributed by atoms with Crippen LogP contribution in [0, 0.1) is 0 Å². The molecule has 0 spiro atoms. The first-order valence-electron chi connectivity index (χ1n) is 8.90. The van der Waals surface area contributed by atoms with Crippen molar-refractivity contribution in [3.05, 3.63) is 41.0 Å². The summed E-state index contributed by atoms with van der Waals surface area (Å²) in [6.45, 7) is 1.97. The third-order valence-corrected chi connectivity index (χ3v) is 4.46. The number of urea groups is 1. The van der Waals surface area contributed by atoms with Crippen LogP contribution in [0.2, 0.25) is 5.02 Å². The van der Waals surface area contributed by atoms with E-state index >= 15 is 0 Å². The van der Waals surface area contributed by atoms with Gasteiger partial charge in [0, 0.05) is 38.2 Å². The van der Waals surface area contributed by atoms with Crippen molar-refractivity contribution in [3.8, 4) is 5.75 Å². The van der Waals surface area contributed by atoms with Crippen molar-refractivity contribution < 1.29 is 18.8 Å². The zero-order valence-corrected chi connectivity index (χ0v) is 15.9. The minimum Gasteiger partial charge on any atom is -0.484 e. The smallest absolute Gasteiger partial charge is 0.317 e. The van der Waals surface area contributed by atoms with Crippen LogP contribution >= 0.6 is 11.6 Å². The quantitative estimate of drug-likeness (QED) is 0.740. The molecule has 0 bridgehead atoms. The summed E-state index contributed by atoms with van der Waals surface area (Å²) < 4.78 is 16.2. The van der Waals surface area contributed by atoms with Crippen LogP contribution in [0.4, 0.5) is 4.79 Å². The van der Waals surface area contributed by atoms with Gasteiger partial charge in [0.15, 0.2) is 12.4 Å². The standard InChI is InChI=1S/C18H23ClN4O4/c1-23(18(24)20-11-15-3-2-10-25-15)9-8-16-21-17(27-22-16)12-26-14-6-4-13(19)5-7-14/h4-7,15H,2-3,8-12H2,1H3,(H,20,24)/t15-/m0/s1. The Morgan fingerprint density at radius 1 is 1.41 bits per heavy atom. The van der Waals surface area contributed by atoms with E-state index in [1.807, 2.05) is 0 Å². The van der Waals surface area contributed by atoms with Gasteiger partial charge < -0.3 is 24.2 Å². The number of rotatable bonds is 8. The molecule has 8 nitrogen and oxygen atoms in total. The fraction of sp³-hybridized carbons (Fsp3) is 0.500. The Morgan fingerprint density at radius 2 is 2.22 bits per heavy atom. The lowest BCUT2D eigenvalue weighted by Gasteiger charge is -2.18. The average Bonchev–Trinajstić information content (AvgIpc) is 3.35. The topological polar surface area (TPSA) is 89.7 Å². The van der Waals surface area contributed by atoms with Gasteiger partial charge in [0.05, 0.1) is 6.10 Å². The Bertz CT molecular complexity index is 731. The Kier molecular flexibility index (Phi) is 6.89. The van der Waals surface area contributed by atoms with Gasteiger partial charge in [0.2, 0.25) is 0 Å². The molecule has 1 fully saturated rings. The highest BCUT2D eigenvalue weighted by molar-refractivity contribution is 6.30. The molecular formula is C18H23ClN4O4. The van der Waals surface area contributed by atoms with Crippen molar-refractivity contribution in [3.63, 3.8) is 0 Å². The molecule has 1 aliphatic rings. The summed E-state index contributed by atoms with van der Waals surface area (Å²) in [6, 6.07) is 6.89. The van der Waals surface area contributed by atoms with Crippen LogP contribution in [-0.4, -0.2) is 53.9 Å². The molecular weight excluding hydrogens is 372 g/mol. The molecule has 2 amide bonds. The number of carbonyl (C=O) groups excluding carboxylic acids is 1. The Hall–Kier alpha value is -2.32. The summed E-state index contributed by atoms with van der Waals surface area (Å²) in [4.78, 5) is 17.9. The van der Waals surface area contributed by atoms with Crippen LogP contribution in [0.25, 0.3) is 0 Å². The monoisotopic (exact) mass is 394 g/mol. The van der Waals surface area contributed by atoms with Crippen molar-refractivity contribution in [2.24, 2.45) is 0 Å². The van der Waals surface area contributed by atoms with E-state index in [4.69, 9.17) is 25.6 Å². The minimum atomic E-state index is -0.139. The first kappa shape index (κ1) is 19.4. The molecule has 1 aromatic carbocycles. The van der Waals surface area contributed by atoms with Crippen LogP contribution in [0.3, 0.4) is 0 Å². The number of hydrogen-bond acceptors (Lipinski definition) is 6. The maximum Gasteiger partial charge on any atom is 0.317 e. The molecule has 27 heavy (non-hydrogen) atoms. The number of benzene rings is 1. The molecule has 0 unspecified atom stereocenters. The van der Waals surface area contributed by atoms with Crippen LogP contribution in [-0.2, 0) is 17.8 Å². The highest BCUT2D eigenvalue weighted by Gasteiger charge is 2.17. The number of hydrogen-bond donors (Lipinski definition) is 1. The predicted octanol–water partition coefficient (Wildman–Crippen LogP) is 2.66. The number of aromatic nitrogens is 2. The molecule has 2 heterocycles. The maximum atomic E-state index is 12.1. The van der Waals surface area contributed by atoms with Crippen LogP contribution in [0.1, 0.15) is 24.6 Å². The van der Waals surface area contributed by atoms with Gasteiger partial charge in [-0.15, -0.1) is 0 Å². The summed E-state index contributed by atoms with van der Waals surface area (Å²) in [6.07, 6.45) is 2.67. The van der Waals surface area contributed by atoms with Crippen molar-refractivity contribution >= 4 is 17.6 Å². The third kappa shape index (κ3) is 6.11. The normalized spacial score (nSPS) is 16.3. The second-order valence-electron chi connectivity index (χ2n) is 6.34. The van der Waals surface area contributed by atoms with Gasteiger partial charge >= 0.3 is 6.03 Å². The zero-order chi connectivity index (χ0) is 19.1. The maximum absolute atomic E-state index is 12.1. The van der Waals surface area contributed by atoms with Crippen molar-refractivity contribution in [1.82, 2.24) is 20.4 Å². The molecule has 0 saturated carbocycles. The summed E-state index contributed by atoms with van der Waals surface area (Å²) >= 11 is 5.83. The highest BCUT2D eigenvalue weighted by atomic mass is 35.5. The fourth-order valence-electron chi connectivity index (χ4n) is 2.64. The van der Waals surface area contributed by atoms with E-state index in [9.17, 15) is 4.79 Å². The second kappa shape index (κ2) is 9.57. The first-order chi connectivity index (χ1) is 13.1. The molecule has 0 radical (unpaired) electrons. The van der Waals surface area contributed by atoms with Crippen molar-refractivity contribution in [2.45, 2.75) is 32.0 Å². The van der Waals surface area contributed by atoms with Crippen molar-refractivity contribution in [1.29, 1.82) is 0 Å². The molecule has 1 saturated heterocycles. The number of ether oxygens (including phenoxy) is 2. The number of nitrogens with one attached hydrogen (secondary N) is 1. The molecule has 2 aromatic rings. The highest BCUT2D eigenvalue weighted by Crippen LogP contribution is 2.16. The van der Waals surface area contributed by atoms with Gasteiger partial charge in [-0.05, 0) is 37.1 Å². The second-order valence-corrected chi connectivity index (χ2v) is 6.78. The van der Waals surface area contributed by atoms with E-state index in [1.54, 1.807) is 36.2 Å². The third-order valence-electron chi connectivity index (χ3n) is 4.21. The molecule has 1 aromatic heterocycles. The van der Waals surface area contributed by atoms with E-state index in [2.05, 4.69) is 15.5 Å². The first-order valence-corrected chi connectivity index (χ1v) is 9.28. The summed E-state index contributed by atoms with van der Waals surface area (Å²) in [5, 5.41) is 7.44. The largest absolute Gasteiger partial charge is 0.484 e. The van der Waals surface area contributed by atoms with E-state index < -0.39 is 0 Å². The number of amides is 2. The van der Waals surface area contributed by atoms with Gasteiger partial charge in [-0.1, -0.05) is 16.8 Å². The van der Waals surface area contributed by atoms with E-state index in [0.29, 0.717) is 42.0 Å². The van der Waals surface area contributed by atoms with Gasteiger partial charge in [0.1, 0.15) is 5.75 Å². The van der Waals surface area contributed by atoms with Gasteiger partial charge in [0.25, 0.3) is 5.89 Å². The summed E-state index contributed by atoms with van der Waals surface area (Å²) in [5.41, 5.74) is 0. The molecule has 1 N–H and O–H groups in total. The minimum absolute atomic E-state index is 0.128. The lowest BCUT2D eigenvalue weighted by molar-refractivity contribution is 0.109. The van der Waals surface area contributed by atoms with Gasteiger partial charge in [-0.3, -0.25) is 0 Å². The predicted molar refractivity (Wildman–Crippen MR) is 98.8 cm³/mol. The lowest BCUT2D eigenvalue weighted by Crippen LogP contribution is -2.41. The molecule has 146 valence electrons. The van der Waals surface area contributed by atoms with Crippen LogP contribution < -0.4 is 10.1 Å². The van der Waals surface area contributed by atoms with E-state index in [-0.39, 0.29) is 18.7 Å².